The third kappa shape index (κ3) is 4.15. The molecule has 0 atom stereocenters. The van der Waals surface area contributed by atoms with Crippen molar-refractivity contribution < 1.29 is 0 Å². The fourth-order valence-corrected chi connectivity index (χ4v) is 5.58. The second-order valence-electron chi connectivity index (χ2n) is 9.11. The van der Waals surface area contributed by atoms with E-state index in [2.05, 4.69) is 142 Å². The first kappa shape index (κ1) is 24.0. The molecule has 0 radical (unpaired) electrons. The molecule has 38 heavy (non-hydrogen) atoms. The van der Waals surface area contributed by atoms with Gasteiger partial charge in [0.15, 0.2) is 5.82 Å². The average Bonchev–Trinajstić information content (AvgIpc) is 3.49. The number of hydrogen-bond donors (Lipinski definition) is 0. The summed E-state index contributed by atoms with van der Waals surface area (Å²) in [5.74, 6) is 0.727. The van der Waals surface area contributed by atoms with Gasteiger partial charge in [0.05, 0.1) is 5.69 Å². The molecule has 5 heteroatoms. The van der Waals surface area contributed by atoms with Crippen molar-refractivity contribution >= 4 is 15.9 Å². The summed E-state index contributed by atoms with van der Waals surface area (Å²) in [6, 6.07) is 48.4. The highest BCUT2D eigenvalue weighted by Crippen LogP contribution is 2.45. The maximum absolute atomic E-state index is 4.75. The lowest BCUT2D eigenvalue weighted by molar-refractivity contribution is 0.643. The number of tetrazole rings is 1. The Balaban J connectivity index is 1.66. The van der Waals surface area contributed by atoms with E-state index in [1.54, 1.807) is 0 Å². The Kier molecular flexibility index (Phi) is 6.67. The smallest absolute Gasteiger partial charge is 0.176 e. The van der Waals surface area contributed by atoms with E-state index in [-0.39, 0.29) is 0 Å². The lowest BCUT2D eigenvalue weighted by Crippen LogP contribution is -2.34. The quantitative estimate of drug-likeness (QED) is 0.150. The predicted octanol–water partition coefficient (Wildman–Crippen LogP) is 7.61. The molecule has 0 aliphatic rings. The topological polar surface area (TPSA) is 43.6 Å². The van der Waals surface area contributed by atoms with Gasteiger partial charge in [-0.3, -0.25) is 0 Å². The lowest BCUT2D eigenvalue weighted by Gasteiger charge is -2.34. The van der Waals surface area contributed by atoms with Crippen LogP contribution in [0.5, 0.6) is 0 Å². The largest absolute Gasteiger partial charge is 0.195 e. The van der Waals surface area contributed by atoms with Crippen LogP contribution in [-0.2, 0) is 10.7 Å². The number of nitrogens with zero attached hydrogens (tertiary/aromatic N) is 4. The van der Waals surface area contributed by atoms with E-state index < -0.39 is 5.41 Å². The van der Waals surface area contributed by atoms with Gasteiger partial charge in [0, 0.05) is 10.9 Å². The molecule has 1 aromatic heterocycles. The van der Waals surface area contributed by atoms with E-state index in [1.807, 2.05) is 28.9 Å². The molecule has 0 saturated carbocycles. The normalized spacial score (nSPS) is 11.4. The summed E-state index contributed by atoms with van der Waals surface area (Å²) >= 11 is 3.55. The van der Waals surface area contributed by atoms with Crippen LogP contribution in [0.3, 0.4) is 0 Å². The number of aromatic nitrogens is 4. The van der Waals surface area contributed by atoms with Crippen LogP contribution < -0.4 is 0 Å². The minimum absolute atomic E-state index is 0.727. The molecular formula is C33H25BrN4. The molecule has 6 aromatic rings. The second kappa shape index (κ2) is 10.6. The summed E-state index contributed by atoms with van der Waals surface area (Å²) in [6.07, 6.45) is 0. The van der Waals surface area contributed by atoms with Gasteiger partial charge in [-0.2, -0.15) is 4.68 Å². The van der Waals surface area contributed by atoms with Gasteiger partial charge < -0.3 is 0 Å². The van der Waals surface area contributed by atoms with Crippen molar-refractivity contribution in [2.24, 2.45) is 0 Å². The molecule has 0 unspecified atom stereocenters. The molecule has 1 heterocycles. The molecule has 5 aromatic carbocycles. The Morgan fingerprint density at radius 3 is 1.61 bits per heavy atom. The zero-order valence-electron chi connectivity index (χ0n) is 20.7. The zero-order chi connectivity index (χ0) is 25.8. The predicted molar refractivity (Wildman–Crippen MR) is 156 cm³/mol. The Bertz CT molecular complexity index is 1530. The van der Waals surface area contributed by atoms with E-state index in [4.69, 9.17) is 5.10 Å². The van der Waals surface area contributed by atoms with Crippen molar-refractivity contribution in [3.05, 3.63) is 168 Å². The van der Waals surface area contributed by atoms with Gasteiger partial charge in [-0.15, -0.1) is 5.10 Å². The maximum Gasteiger partial charge on any atom is 0.176 e. The molecule has 0 N–H and O–H groups in total. The highest BCUT2D eigenvalue weighted by molar-refractivity contribution is 9.08. The average molecular weight is 557 g/mol. The summed E-state index contributed by atoms with van der Waals surface area (Å²) in [4.78, 5) is 0. The van der Waals surface area contributed by atoms with Gasteiger partial charge in [-0.25, -0.2) is 0 Å². The summed E-state index contributed by atoms with van der Waals surface area (Å²) < 4.78 is 1.90. The molecule has 0 saturated heterocycles. The van der Waals surface area contributed by atoms with E-state index in [1.165, 1.54) is 5.56 Å². The zero-order valence-corrected chi connectivity index (χ0v) is 22.2. The maximum atomic E-state index is 4.75. The minimum Gasteiger partial charge on any atom is -0.195 e. The van der Waals surface area contributed by atoms with Crippen molar-refractivity contribution in [3.63, 3.8) is 0 Å². The molecule has 184 valence electrons. The van der Waals surface area contributed by atoms with Crippen molar-refractivity contribution in [2.75, 3.05) is 0 Å². The fraction of sp³-hybridized carbons (Fsp3) is 0.0606. The van der Waals surface area contributed by atoms with E-state index in [9.17, 15) is 0 Å². The Morgan fingerprint density at radius 2 is 1.08 bits per heavy atom. The fourth-order valence-electron chi connectivity index (χ4n) is 5.21. The Morgan fingerprint density at radius 1 is 0.579 bits per heavy atom. The van der Waals surface area contributed by atoms with Crippen LogP contribution in [0.4, 0.5) is 0 Å². The monoisotopic (exact) mass is 556 g/mol. The van der Waals surface area contributed by atoms with Crippen LogP contribution in [0.25, 0.3) is 16.8 Å². The van der Waals surface area contributed by atoms with Crippen molar-refractivity contribution in [2.45, 2.75) is 10.7 Å². The van der Waals surface area contributed by atoms with Gasteiger partial charge in [-0.1, -0.05) is 149 Å². The molecule has 0 fully saturated rings. The molecule has 0 aliphatic carbocycles. The van der Waals surface area contributed by atoms with Gasteiger partial charge in [0.2, 0.25) is 0 Å². The number of alkyl halides is 1. The van der Waals surface area contributed by atoms with Crippen LogP contribution in [0, 0.1) is 0 Å². The van der Waals surface area contributed by atoms with E-state index in [0.29, 0.717) is 0 Å². The van der Waals surface area contributed by atoms with Crippen LogP contribution in [0.2, 0.25) is 0 Å². The van der Waals surface area contributed by atoms with Crippen LogP contribution in [-0.4, -0.2) is 20.2 Å². The van der Waals surface area contributed by atoms with Crippen molar-refractivity contribution in [3.8, 4) is 16.8 Å². The molecular weight excluding hydrogens is 532 g/mol. The first-order valence-electron chi connectivity index (χ1n) is 12.5. The van der Waals surface area contributed by atoms with Crippen LogP contribution in [0.1, 0.15) is 28.1 Å². The number of rotatable bonds is 7. The van der Waals surface area contributed by atoms with Crippen LogP contribution in [0.15, 0.2) is 140 Å². The highest BCUT2D eigenvalue weighted by atomic mass is 79.9. The molecule has 0 spiro atoms. The Hall–Kier alpha value is -4.35. The highest BCUT2D eigenvalue weighted by Gasteiger charge is 2.43. The first-order chi connectivity index (χ1) is 18.8. The van der Waals surface area contributed by atoms with Gasteiger partial charge >= 0.3 is 0 Å². The van der Waals surface area contributed by atoms with Crippen molar-refractivity contribution in [1.82, 2.24) is 20.2 Å². The third-order valence-electron chi connectivity index (χ3n) is 6.98. The van der Waals surface area contributed by atoms with Gasteiger partial charge in [0.25, 0.3) is 0 Å². The number of para-hydroxylation sites is 1. The van der Waals surface area contributed by atoms with E-state index >= 15 is 0 Å². The third-order valence-corrected chi connectivity index (χ3v) is 7.62. The van der Waals surface area contributed by atoms with Gasteiger partial charge in [-0.05, 0) is 44.3 Å². The molecule has 0 aliphatic heterocycles. The van der Waals surface area contributed by atoms with Crippen LogP contribution >= 0.6 is 15.9 Å². The second-order valence-corrected chi connectivity index (χ2v) is 9.67. The van der Waals surface area contributed by atoms with Gasteiger partial charge in [0.1, 0.15) is 5.41 Å². The SMILES string of the molecule is BrCc1ccc(-c2ccccc2-n2nnnc2C(c2ccccc2)(c2ccccc2)c2ccccc2)cc1. The standard InChI is InChI=1S/C33H25BrN4/c34-24-25-20-22-26(23-21-25)30-18-10-11-19-31(30)38-32(35-36-37-38)33(27-12-4-1-5-13-27,28-14-6-2-7-15-28)29-16-8-3-9-17-29/h1-23H,24H2. The summed E-state index contributed by atoms with van der Waals surface area (Å²) in [5.41, 5.74) is 6.84. The summed E-state index contributed by atoms with van der Waals surface area (Å²) in [6.45, 7) is 0. The first-order valence-corrected chi connectivity index (χ1v) is 13.6. The number of halogens is 1. The summed E-state index contributed by atoms with van der Waals surface area (Å²) in [7, 11) is 0. The summed E-state index contributed by atoms with van der Waals surface area (Å²) in [5, 5.41) is 14.4. The molecule has 4 nitrogen and oxygen atoms in total. The lowest BCUT2D eigenvalue weighted by atomic mass is 9.68. The molecule has 0 amide bonds. The molecule has 6 rings (SSSR count). The van der Waals surface area contributed by atoms with E-state index in [0.717, 1.165) is 44.7 Å². The Labute approximate surface area is 230 Å². The minimum atomic E-state index is -0.750. The number of benzene rings is 5. The molecule has 0 bridgehead atoms. The number of hydrogen-bond acceptors (Lipinski definition) is 3. The van der Waals surface area contributed by atoms with Crippen molar-refractivity contribution in [1.29, 1.82) is 0 Å².